The summed E-state index contributed by atoms with van der Waals surface area (Å²) in [5, 5.41) is 17.7. The maximum absolute atomic E-state index is 10.3. The molecule has 1 heterocycles. The van der Waals surface area contributed by atoms with Gasteiger partial charge in [0.2, 0.25) is 11.7 Å². The largest absolute Gasteiger partial charge is 0.389 e. The summed E-state index contributed by atoms with van der Waals surface area (Å²) >= 11 is 3.42. The monoisotopic (exact) mass is 459 g/mol. The van der Waals surface area contributed by atoms with Crippen LogP contribution in [0.5, 0.6) is 0 Å². The molecular formula is C22H26BrN3O3. The molecule has 0 bridgehead atoms. The van der Waals surface area contributed by atoms with Crippen molar-refractivity contribution in [3.05, 3.63) is 70.5 Å². The Morgan fingerprint density at radius 3 is 2.52 bits per heavy atom. The Morgan fingerprint density at radius 2 is 1.83 bits per heavy atom. The maximum Gasteiger partial charge on any atom is 0.244 e. The van der Waals surface area contributed by atoms with Gasteiger partial charge >= 0.3 is 0 Å². The van der Waals surface area contributed by atoms with Crippen molar-refractivity contribution in [2.45, 2.75) is 32.6 Å². The molecule has 0 unspecified atom stereocenters. The third-order valence-electron chi connectivity index (χ3n) is 4.47. The lowest BCUT2D eigenvalue weighted by molar-refractivity contribution is 0.0262. The second-order valence-corrected chi connectivity index (χ2v) is 8.16. The molecule has 0 aliphatic rings. The van der Waals surface area contributed by atoms with E-state index in [1.165, 1.54) is 0 Å². The number of aliphatic hydroxyl groups is 1. The summed E-state index contributed by atoms with van der Waals surface area (Å²) in [6.45, 7) is 5.24. The number of nitrogens with zero attached hydrogens (tertiary/aromatic N) is 2. The summed E-state index contributed by atoms with van der Waals surface area (Å²) < 4.78 is 12.1. The van der Waals surface area contributed by atoms with Crippen LogP contribution in [0.3, 0.4) is 0 Å². The van der Waals surface area contributed by atoms with Crippen LogP contribution in [-0.2, 0) is 11.3 Å². The van der Waals surface area contributed by atoms with Crippen LogP contribution >= 0.6 is 15.9 Å². The normalized spacial score (nSPS) is 13.6. The molecule has 0 amide bonds. The summed E-state index contributed by atoms with van der Waals surface area (Å²) in [4.78, 5) is 4.54. The van der Waals surface area contributed by atoms with Crippen molar-refractivity contribution in [2.24, 2.45) is 5.92 Å². The van der Waals surface area contributed by atoms with Gasteiger partial charge in [0.15, 0.2) is 0 Å². The number of hydrogen-bond acceptors (Lipinski definition) is 6. The van der Waals surface area contributed by atoms with E-state index in [0.717, 1.165) is 15.6 Å². The van der Waals surface area contributed by atoms with Gasteiger partial charge in [-0.2, -0.15) is 4.98 Å². The minimum absolute atomic E-state index is 0.157. The Kier molecular flexibility index (Phi) is 7.94. The van der Waals surface area contributed by atoms with E-state index < -0.39 is 6.10 Å². The van der Waals surface area contributed by atoms with Gasteiger partial charge in [-0.3, -0.25) is 0 Å². The molecule has 2 N–H and O–H groups in total. The van der Waals surface area contributed by atoms with Gasteiger partial charge in [0.25, 0.3) is 0 Å². The molecule has 0 aliphatic carbocycles. The lowest BCUT2D eigenvalue weighted by Gasteiger charge is -2.20. The smallest absolute Gasteiger partial charge is 0.244 e. The number of nitrogens with one attached hydrogen (secondary N) is 1. The highest BCUT2D eigenvalue weighted by atomic mass is 79.9. The molecule has 1 aromatic heterocycles. The zero-order chi connectivity index (χ0) is 20.6. The van der Waals surface area contributed by atoms with Gasteiger partial charge in [0, 0.05) is 16.6 Å². The standard InChI is InChI=1S/C22H26BrN3O3/c1-15(2)20(22-25-21(26-29-22)17-8-10-18(23)11-9-17)24-12-19(27)14-28-13-16-6-4-3-5-7-16/h3-11,15,19-20,24,27H,12-14H2,1-2H3/t19-,20-/m0/s1. The molecule has 3 rings (SSSR count). The maximum atomic E-state index is 10.3. The Balaban J connectivity index is 1.53. The van der Waals surface area contributed by atoms with Gasteiger partial charge in [0.1, 0.15) is 0 Å². The fourth-order valence-corrected chi connectivity index (χ4v) is 3.16. The zero-order valence-corrected chi connectivity index (χ0v) is 18.2. The van der Waals surface area contributed by atoms with Crippen LogP contribution in [0.25, 0.3) is 11.4 Å². The predicted octanol–water partition coefficient (Wildman–Crippen LogP) is 4.36. The van der Waals surface area contributed by atoms with Crippen LogP contribution in [0.4, 0.5) is 0 Å². The van der Waals surface area contributed by atoms with Crippen LogP contribution in [0.15, 0.2) is 63.6 Å². The lowest BCUT2D eigenvalue weighted by atomic mass is 10.0. The second kappa shape index (κ2) is 10.6. The van der Waals surface area contributed by atoms with Crippen molar-refractivity contribution in [3.8, 4) is 11.4 Å². The number of aliphatic hydroxyl groups excluding tert-OH is 1. The Labute approximate surface area is 179 Å². The first-order valence-electron chi connectivity index (χ1n) is 9.65. The number of rotatable bonds is 10. The molecule has 2 aromatic carbocycles. The minimum atomic E-state index is -0.631. The van der Waals surface area contributed by atoms with Crippen molar-refractivity contribution in [2.75, 3.05) is 13.2 Å². The van der Waals surface area contributed by atoms with Crippen LogP contribution in [0, 0.1) is 5.92 Å². The molecule has 154 valence electrons. The first kappa shape index (κ1) is 21.6. The topological polar surface area (TPSA) is 80.4 Å². The fraction of sp³-hybridized carbons (Fsp3) is 0.364. The average Bonchev–Trinajstić information content (AvgIpc) is 3.19. The van der Waals surface area contributed by atoms with Crippen molar-refractivity contribution in [1.82, 2.24) is 15.5 Å². The van der Waals surface area contributed by atoms with Crippen molar-refractivity contribution in [3.63, 3.8) is 0 Å². The Bertz CT molecular complexity index is 869. The lowest BCUT2D eigenvalue weighted by Crippen LogP contribution is -2.35. The van der Waals surface area contributed by atoms with Gasteiger partial charge in [-0.25, -0.2) is 0 Å². The van der Waals surface area contributed by atoms with E-state index in [1.54, 1.807) is 0 Å². The van der Waals surface area contributed by atoms with E-state index in [0.29, 0.717) is 24.9 Å². The van der Waals surface area contributed by atoms with Gasteiger partial charge in [-0.15, -0.1) is 0 Å². The first-order chi connectivity index (χ1) is 14.0. The summed E-state index contributed by atoms with van der Waals surface area (Å²) in [5.74, 6) is 1.27. The van der Waals surface area contributed by atoms with Crippen molar-refractivity contribution >= 4 is 15.9 Å². The highest BCUT2D eigenvalue weighted by Gasteiger charge is 2.23. The third kappa shape index (κ3) is 6.47. The molecule has 0 fully saturated rings. The number of ether oxygens (including phenoxy) is 1. The Hall–Kier alpha value is -2.06. The van der Waals surface area contributed by atoms with E-state index in [9.17, 15) is 5.11 Å². The van der Waals surface area contributed by atoms with E-state index in [2.05, 4.69) is 45.2 Å². The molecule has 0 saturated heterocycles. The number of hydrogen-bond donors (Lipinski definition) is 2. The molecular weight excluding hydrogens is 434 g/mol. The molecule has 7 heteroatoms. The van der Waals surface area contributed by atoms with E-state index in [1.807, 2.05) is 54.6 Å². The summed E-state index contributed by atoms with van der Waals surface area (Å²) in [7, 11) is 0. The third-order valence-corrected chi connectivity index (χ3v) is 5.00. The van der Waals surface area contributed by atoms with Crippen LogP contribution < -0.4 is 5.32 Å². The van der Waals surface area contributed by atoms with Crippen LogP contribution in [0.1, 0.15) is 31.3 Å². The molecule has 0 aliphatic heterocycles. The second-order valence-electron chi connectivity index (χ2n) is 7.25. The molecule has 29 heavy (non-hydrogen) atoms. The Morgan fingerprint density at radius 1 is 1.10 bits per heavy atom. The average molecular weight is 460 g/mol. The minimum Gasteiger partial charge on any atom is -0.389 e. The molecule has 3 aromatic rings. The highest BCUT2D eigenvalue weighted by molar-refractivity contribution is 9.10. The van der Waals surface area contributed by atoms with Gasteiger partial charge in [0.05, 0.1) is 25.4 Å². The molecule has 0 saturated carbocycles. The first-order valence-corrected chi connectivity index (χ1v) is 10.4. The SMILES string of the molecule is CC(C)[C@H](NC[C@H](O)COCc1ccccc1)c1nc(-c2ccc(Br)cc2)no1. The number of halogens is 1. The van der Waals surface area contributed by atoms with Crippen molar-refractivity contribution in [1.29, 1.82) is 0 Å². The van der Waals surface area contributed by atoms with E-state index in [4.69, 9.17) is 9.26 Å². The predicted molar refractivity (Wildman–Crippen MR) is 115 cm³/mol. The quantitative estimate of drug-likeness (QED) is 0.468. The molecule has 6 nitrogen and oxygen atoms in total. The van der Waals surface area contributed by atoms with E-state index in [-0.39, 0.29) is 18.6 Å². The highest BCUT2D eigenvalue weighted by Crippen LogP contribution is 2.24. The van der Waals surface area contributed by atoms with Crippen LogP contribution in [0.2, 0.25) is 0 Å². The fourth-order valence-electron chi connectivity index (χ4n) is 2.89. The van der Waals surface area contributed by atoms with Gasteiger partial charge in [-0.05, 0) is 35.7 Å². The zero-order valence-electron chi connectivity index (χ0n) is 16.6. The summed E-state index contributed by atoms with van der Waals surface area (Å²) in [6, 6.07) is 17.5. The summed E-state index contributed by atoms with van der Waals surface area (Å²) in [5.41, 5.74) is 1.97. The van der Waals surface area contributed by atoms with E-state index >= 15 is 0 Å². The van der Waals surface area contributed by atoms with Gasteiger partial charge in [-0.1, -0.05) is 65.3 Å². The number of aromatic nitrogens is 2. The molecule has 2 atom stereocenters. The number of benzene rings is 2. The molecule has 0 spiro atoms. The van der Waals surface area contributed by atoms with Crippen LogP contribution in [-0.4, -0.2) is 34.5 Å². The summed E-state index contributed by atoms with van der Waals surface area (Å²) in [6.07, 6.45) is -0.631. The van der Waals surface area contributed by atoms with Gasteiger partial charge < -0.3 is 19.7 Å². The molecule has 0 radical (unpaired) electrons. The van der Waals surface area contributed by atoms with Crippen molar-refractivity contribution < 1.29 is 14.4 Å².